The van der Waals surface area contributed by atoms with Crippen molar-refractivity contribution in [2.24, 2.45) is 0 Å². The van der Waals surface area contributed by atoms with Crippen LogP contribution in [0.25, 0.3) is 0 Å². The van der Waals surface area contributed by atoms with Crippen LogP contribution in [-0.2, 0) is 9.53 Å². The largest absolute Gasteiger partial charge is 0.365 e. The van der Waals surface area contributed by atoms with Gasteiger partial charge >= 0.3 is 0 Å². The van der Waals surface area contributed by atoms with E-state index in [1.807, 2.05) is 20.9 Å². The standard InChI is InChI=1S/C10H20N2O2/c1-8(11-3)7-12-9(13)10(2)5-4-6-14-10/h8,11H,4-7H2,1-3H3,(H,12,13). The van der Waals surface area contributed by atoms with E-state index in [1.165, 1.54) is 0 Å². The quantitative estimate of drug-likeness (QED) is 0.685. The van der Waals surface area contributed by atoms with Crippen LogP contribution in [0.4, 0.5) is 0 Å². The lowest BCUT2D eigenvalue weighted by Gasteiger charge is -2.23. The van der Waals surface area contributed by atoms with Crippen molar-refractivity contribution in [2.75, 3.05) is 20.2 Å². The molecule has 0 aromatic heterocycles. The number of amides is 1. The summed E-state index contributed by atoms with van der Waals surface area (Å²) in [5.74, 6) is 0.0112. The Morgan fingerprint density at radius 2 is 2.36 bits per heavy atom. The molecule has 2 N–H and O–H groups in total. The first kappa shape index (κ1) is 11.5. The first-order valence-electron chi connectivity index (χ1n) is 5.18. The summed E-state index contributed by atoms with van der Waals surface area (Å²) in [5.41, 5.74) is -0.590. The van der Waals surface area contributed by atoms with Crippen LogP contribution >= 0.6 is 0 Å². The van der Waals surface area contributed by atoms with Crippen molar-refractivity contribution < 1.29 is 9.53 Å². The average molecular weight is 200 g/mol. The predicted octanol–water partition coefficient (Wildman–Crippen LogP) is 0.280. The minimum absolute atomic E-state index is 0.0112. The fourth-order valence-corrected chi connectivity index (χ4v) is 1.49. The number of hydrogen-bond donors (Lipinski definition) is 2. The summed E-state index contributed by atoms with van der Waals surface area (Å²) >= 11 is 0. The molecule has 0 spiro atoms. The van der Waals surface area contributed by atoms with Gasteiger partial charge in [0.1, 0.15) is 5.60 Å². The molecule has 4 heteroatoms. The number of carbonyl (C=O) groups excluding carboxylic acids is 1. The van der Waals surface area contributed by atoms with E-state index in [2.05, 4.69) is 10.6 Å². The van der Waals surface area contributed by atoms with Crippen molar-refractivity contribution >= 4 is 5.91 Å². The summed E-state index contributed by atoms with van der Waals surface area (Å²) in [4.78, 5) is 11.7. The second kappa shape index (κ2) is 4.75. The number of likely N-dealkylation sites (N-methyl/N-ethyl adjacent to an activating group) is 1. The monoisotopic (exact) mass is 200 g/mol. The normalized spacial score (nSPS) is 28.8. The van der Waals surface area contributed by atoms with E-state index in [4.69, 9.17) is 4.74 Å². The molecule has 1 amide bonds. The smallest absolute Gasteiger partial charge is 0.252 e. The highest BCUT2D eigenvalue weighted by atomic mass is 16.5. The summed E-state index contributed by atoms with van der Waals surface area (Å²) in [6.07, 6.45) is 1.80. The van der Waals surface area contributed by atoms with E-state index in [0.29, 0.717) is 19.2 Å². The van der Waals surface area contributed by atoms with Crippen molar-refractivity contribution in [1.29, 1.82) is 0 Å². The molecular formula is C10H20N2O2. The molecule has 82 valence electrons. The molecule has 0 aromatic carbocycles. The Morgan fingerprint density at radius 3 is 2.86 bits per heavy atom. The zero-order valence-electron chi connectivity index (χ0n) is 9.22. The van der Waals surface area contributed by atoms with Crippen LogP contribution in [-0.4, -0.2) is 37.7 Å². The van der Waals surface area contributed by atoms with Gasteiger partial charge in [-0.15, -0.1) is 0 Å². The SMILES string of the molecule is CNC(C)CNC(=O)C1(C)CCCO1. The fraction of sp³-hybridized carbons (Fsp3) is 0.900. The molecule has 4 nitrogen and oxygen atoms in total. The second-order valence-electron chi connectivity index (χ2n) is 4.08. The van der Waals surface area contributed by atoms with Gasteiger partial charge in [-0.3, -0.25) is 4.79 Å². The molecule has 0 radical (unpaired) electrons. The van der Waals surface area contributed by atoms with E-state index in [0.717, 1.165) is 12.8 Å². The van der Waals surface area contributed by atoms with Gasteiger partial charge < -0.3 is 15.4 Å². The maximum atomic E-state index is 11.7. The van der Waals surface area contributed by atoms with Gasteiger partial charge in [-0.2, -0.15) is 0 Å². The Balaban J connectivity index is 2.34. The van der Waals surface area contributed by atoms with Crippen LogP contribution in [0, 0.1) is 0 Å². The number of nitrogens with one attached hydrogen (secondary N) is 2. The molecule has 0 aromatic rings. The lowest BCUT2D eigenvalue weighted by atomic mass is 10.0. The summed E-state index contributed by atoms with van der Waals surface area (Å²) in [7, 11) is 1.88. The van der Waals surface area contributed by atoms with Crippen LogP contribution in [0.15, 0.2) is 0 Å². The van der Waals surface area contributed by atoms with E-state index in [-0.39, 0.29) is 5.91 Å². The Labute approximate surface area is 85.4 Å². The van der Waals surface area contributed by atoms with Gasteiger partial charge in [0.25, 0.3) is 5.91 Å². The van der Waals surface area contributed by atoms with E-state index < -0.39 is 5.60 Å². The molecule has 0 aliphatic carbocycles. The molecule has 2 unspecified atom stereocenters. The third-order valence-corrected chi connectivity index (χ3v) is 2.76. The van der Waals surface area contributed by atoms with E-state index in [1.54, 1.807) is 0 Å². The highest BCUT2D eigenvalue weighted by Gasteiger charge is 2.37. The Morgan fingerprint density at radius 1 is 1.64 bits per heavy atom. The van der Waals surface area contributed by atoms with Crippen molar-refractivity contribution in [2.45, 2.75) is 38.3 Å². The molecule has 1 rings (SSSR count). The number of carbonyl (C=O) groups is 1. The molecule has 1 fully saturated rings. The van der Waals surface area contributed by atoms with Crippen molar-refractivity contribution in [3.63, 3.8) is 0 Å². The van der Waals surface area contributed by atoms with Gasteiger partial charge in [0.05, 0.1) is 0 Å². The van der Waals surface area contributed by atoms with Crippen LogP contribution in [0.3, 0.4) is 0 Å². The van der Waals surface area contributed by atoms with Gasteiger partial charge in [0.15, 0.2) is 0 Å². The first-order valence-corrected chi connectivity index (χ1v) is 5.18. The molecule has 1 aliphatic rings. The summed E-state index contributed by atoms with van der Waals surface area (Å²) in [6.45, 7) is 5.23. The van der Waals surface area contributed by atoms with Crippen molar-refractivity contribution in [3.05, 3.63) is 0 Å². The Hall–Kier alpha value is -0.610. The third-order valence-electron chi connectivity index (χ3n) is 2.76. The number of ether oxygens (including phenoxy) is 1. The van der Waals surface area contributed by atoms with Crippen LogP contribution < -0.4 is 10.6 Å². The average Bonchev–Trinajstić information content (AvgIpc) is 2.62. The summed E-state index contributed by atoms with van der Waals surface area (Å²) in [5, 5.41) is 5.96. The van der Waals surface area contributed by atoms with E-state index >= 15 is 0 Å². The molecule has 0 bridgehead atoms. The highest BCUT2D eigenvalue weighted by Crippen LogP contribution is 2.24. The van der Waals surface area contributed by atoms with Crippen LogP contribution in [0.1, 0.15) is 26.7 Å². The number of hydrogen-bond acceptors (Lipinski definition) is 3. The molecule has 1 heterocycles. The first-order chi connectivity index (χ1) is 6.58. The van der Waals surface area contributed by atoms with Gasteiger partial charge in [0.2, 0.25) is 0 Å². The lowest BCUT2D eigenvalue weighted by Crippen LogP contribution is -2.47. The van der Waals surface area contributed by atoms with Gasteiger partial charge in [-0.25, -0.2) is 0 Å². The fourth-order valence-electron chi connectivity index (χ4n) is 1.49. The van der Waals surface area contributed by atoms with Gasteiger partial charge in [0, 0.05) is 19.2 Å². The molecule has 14 heavy (non-hydrogen) atoms. The molecule has 1 saturated heterocycles. The zero-order chi connectivity index (χ0) is 10.6. The predicted molar refractivity (Wildman–Crippen MR) is 55.1 cm³/mol. The molecular weight excluding hydrogens is 180 g/mol. The molecule has 0 saturated carbocycles. The van der Waals surface area contributed by atoms with Gasteiger partial charge in [-0.1, -0.05) is 0 Å². The molecule has 2 atom stereocenters. The zero-order valence-corrected chi connectivity index (χ0v) is 9.22. The van der Waals surface area contributed by atoms with Crippen molar-refractivity contribution in [1.82, 2.24) is 10.6 Å². The Kier molecular flexibility index (Phi) is 3.89. The molecule has 1 aliphatic heterocycles. The maximum absolute atomic E-state index is 11.7. The van der Waals surface area contributed by atoms with E-state index in [9.17, 15) is 4.79 Å². The second-order valence-corrected chi connectivity index (χ2v) is 4.08. The van der Waals surface area contributed by atoms with Crippen LogP contribution in [0.5, 0.6) is 0 Å². The number of rotatable bonds is 4. The lowest BCUT2D eigenvalue weighted by molar-refractivity contribution is -0.139. The van der Waals surface area contributed by atoms with Gasteiger partial charge in [-0.05, 0) is 33.7 Å². The minimum Gasteiger partial charge on any atom is -0.365 e. The van der Waals surface area contributed by atoms with Crippen molar-refractivity contribution in [3.8, 4) is 0 Å². The maximum Gasteiger partial charge on any atom is 0.252 e. The topological polar surface area (TPSA) is 50.4 Å². The summed E-state index contributed by atoms with van der Waals surface area (Å²) in [6, 6.07) is 0.295. The Bertz CT molecular complexity index is 200. The third kappa shape index (κ3) is 2.69. The summed E-state index contributed by atoms with van der Waals surface area (Å²) < 4.78 is 5.44. The highest BCUT2D eigenvalue weighted by molar-refractivity contribution is 5.85. The van der Waals surface area contributed by atoms with Crippen LogP contribution in [0.2, 0.25) is 0 Å². The minimum atomic E-state index is -0.590.